The van der Waals surface area contributed by atoms with Crippen molar-refractivity contribution in [2.24, 2.45) is 10.4 Å². The number of hydrogen-bond acceptors (Lipinski definition) is 4. The molecule has 0 bridgehead atoms. The number of halogens is 2. The molecule has 1 aliphatic rings. The average Bonchev–Trinajstić information content (AvgIpc) is 3.05. The maximum absolute atomic E-state index is 13.5. The minimum absolute atomic E-state index is 0.0103. The van der Waals surface area contributed by atoms with Gasteiger partial charge in [-0.2, -0.15) is 0 Å². The highest BCUT2D eigenvalue weighted by molar-refractivity contribution is 5.79. The molecule has 2 rings (SSSR count). The summed E-state index contributed by atoms with van der Waals surface area (Å²) in [6.45, 7) is 2.68. The largest absolute Gasteiger partial charge is 0.489 e. The van der Waals surface area contributed by atoms with Crippen LogP contribution in [0.3, 0.4) is 0 Å². The molecule has 140 valence electrons. The summed E-state index contributed by atoms with van der Waals surface area (Å²) >= 11 is 0. The van der Waals surface area contributed by atoms with Crippen LogP contribution in [0.4, 0.5) is 8.78 Å². The van der Waals surface area contributed by atoms with E-state index in [1.807, 2.05) is 0 Å². The Labute approximate surface area is 146 Å². The maximum atomic E-state index is 13.5. The van der Waals surface area contributed by atoms with E-state index in [0.717, 1.165) is 18.6 Å². The van der Waals surface area contributed by atoms with Crippen LogP contribution in [-0.2, 0) is 4.74 Å². The maximum Gasteiger partial charge on any atom is 0.191 e. The third-order valence-electron chi connectivity index (χ3n) is 4.23. The lowest BCUT2D eigenvalue weighted by Crippen LogP contribution is -2.45. The van der Waals surface area contributed by atoms with Crippen LogP contribution in [0.5, 0.6) is 5.75 Å². The van der Waals surface area contributed by atoms with Crippen LogP contribution >= 0.6 is 0 Å². The first kappa shape index (κ1) is 19.4. The van der Waals surface area contributed by atoms with Crippen LogP contribution < -0.4 is 15.4 Å². The normalized spacial score (nSPS) is 20.6. The van der Waals surface area contributed by atoms with Gasteiger partial charge in [0.25, 0.3) is 0 Å². The van der Waals surface area contributed by atoms with Gasteiger partial charge in [0.2, 0.25) is 0 Å². The van der Waals surface area contributed by atoms with Crippen molar-refractivity contribution in [3.63, 3.8) is 0 Å². The molecule has 1 heterocycles. The van der Waals surface area contributed by atoms with E-state index in [2.05, 4.69) is 15.6 Å². The summed E-state index contributed by atoms with van der Waals surface area (Å²) in [5.74, 6) is -0.765. The zero-order chi connectivity index (χ0) is 18.1. The number of guanidine groups is 1. The summed E-state index contributed by atoms with van der Waals surface area (Å²) in [7, 11) is 1.65. The standard InChI is InChI=1S/C17H25F2N3O3/c1-20-16(22-11-17(4-7-23)5-8-24-12-17)21-6-9-25-15-3-2-13(18)10-14(15)19/h2-3,10,23H,4-9,11-12H2,1H3,(H2,20,21,22). The molecule has 1 aliphatic heterocycles. The topological polar surface area (TPSA) is 75.1 Å². The van der Waals surface area contributed by atoms with Crippen molar-refractivity contribution in [3.05, 3.63) is 29.8 Å². The lowest BCUT2D eigenvalue weighted by Gasteiger charge is -2.27. The molecule has 0 radical (unpaired) electrons. The van der Waals surface area contributed by atoms with Gasteiger partial charge in [-0.15, -0.1) is 0 Å². The Bertz CT molecular complexity index is 578. The van der Waals surface area contributed by atoms with E-state index < -0.39 is 11.6 Å². The Morgan fingerprint density at radius 3 is 2.88 bits per heavy atom. The highest BCUT2D eigenvalue weighted by Gasteiger charge is 2.34. The van der Waals surface area contributed by atoms with Crippen LogP contribution in [0.2, 0.25) is 0 Å². The predicted octanol–water partition coefficient (Wildman–Crippen LogP) is 1.30. The number of aliphatic hydroxyl groups is 1. The molecule has 6 nitrogen and oxygen atoms in total. The lowest BCUT2D eigenvalue weighted by molar-refractivity contribution is 0.127. The van der Waals surface area contributed by atoms with E-state index in [-0.39, 0.29) is 24.4 Å². The van der Waals surface area contributed by atoms with Crippen molar-refractivity contribution in [1.82, 2.24) is 10.6 Å². The molecule has 1 unspecified atom stereocenters. The number of aliphatic imine (C=N–C) groups is 1. The van der Waals surface area contributed by atoms with Crippen molar-refractivity contribution >= 4 is 5.96 Å². The molecule has 0 spiro atoms. The molecule has 1 aromatic rings. The van der Waals surface area contributed by atoms with Crippen molar-refractivity contribution in [1.29, 1.82) is 0 Å². The first-order chi connectivity index (χ1) is 12.1. The van der Waals surface area contributed by atoms with E-state index in [9.17, 15) is 13.9 Å². The first-order valence-corrected chi connectivity index (χ1v) is 8.29. The van der Waals surface area contributed by atoms with Crippen molar-refractivity contribution < 1.29 is 23.4 Å². The predicted molar refractivity (Wildman–Crippen MR) is 90.8 cm³/mol. The average molecular weight is 357 g/mol. The molecule has 1 saturated heterocycles. The van der Waals surface area contributed by atoms with Gasteiger partial charge in [-0.05, 0) is 25.0 Å². The summed E-state index contributed by atoms with van der Waals surface area (Å²) in [6.07, 6.45) is 1.56. The van der Waals surface area contributed by atoms with Gasteiger partial charge in [-0.1, -0.05) is 0 Å². The van der Waals surface area contributed by atoms with Gasteiger partial charge < -0.3 is 25.2 Å². The van der Waals surface area contributed by atoms with Gasteiger partial charge in [0.05, 0.1) is 13.2 Å². The molecule has 0 saturated carbocycles. The number of nitrogens with one attached hydrogen (secondary N) is 2. The Morgan fingerprint density at radius 2 is 2.24 bits per heavy atom. The van der Waals surface area contributed by atoms with Gasteiger partial charge in [0.15, 0.2) is 17.5 Å². The Hall–Kier alpha value is -1.93. The van der Waals surface area contributed by atoms with Crippen LogP contribution in [-0.4, -0.2) is 57.6 Å². The van der Waals surface area contributed by atoms with E-state index in [4.69, 9.17) is 9.47 Å². The van der Waals surface area contributed by atoms with Gasteiger partial charge in [-0.25, -0.2) is 8.78 Å². The highest BCUT2D eigenvalue weighted by Crippen LogP contribution is 2.31. The van der Waals surface area contributed by atoms with Gasteiger partial charge in [0.1, 0.15) is 12.4 Å². The zero-order valence-corrected chi connectivity index (χ0v) is 14.4. The number of rotatable bonds is 8. The van der Waals surface area contributed by atoms with E-state index in [1.54, 1.807) is 7.05 Å². The van der Waals surface area contributed by atoms with Crippen molar-refractivity contribution in [2.45, 2.75) is 12.8 Å². The Balaban J connectivity index is 1.73. The van der Waals surface area contributed by atoms with E-state index in [0.29, 0.717) is 38.7 Å². The van der Waals surface area contributed by atoms with Crippen LogP contribution in [0.15, 0.2) is 23.2 Å². The molecule has 0 aliphatic carbocycles. The number of benzene rings is 1. The second-order valence-electron chi connectivity index (χ2n) is 6.05. The number of hydrogen-bond donors (Lipinski definition) is 3. The molecule has 0 amide bonds. The third-order valence-corrected chi connectivity index (χ3v) is 4.23. The highest BCUT2D eigenvalue weighted by atomic mass is 19.1. The molecular weight excluding hydrogens is 332 g/mol. The molecule has 25 heavy (non-hydrogen) atoms. The van der Waals surface area contributed by atoms with E-state index >= 15 is 0 Å². The molecule has 8 heteroatoms. The summed E-state index contributed by atoms with van der Waals surface area (Å²) in [5, 5.41) is 15.5. The Kier molecular flexibility index (Phi) is 7.39. The molecule has 0 aromatic heterocycles. The molecule has 3 N–H and O–H groups in total. The minimum Gasteiger partial charge on any atom is -0.489 e. The second kappa shape index (κ2) is 9.53. The van der Waals surface area contributed by atoms with Gasteiger partial charge in [0, 0.05) is 38.3 Å². The fourth-order valence-corrected chi connectivity index (χ4v) is 2.73. The van der Waals surface area contributed by atoms with Crippen molar-refractivity contribution in [2.75, 3.05) is 46.6 Å². The van der Waals surface area contributed by atoms with Crippen LogP contribution in [0.1, 0.15) is 12.8 Å². The van der Waals surface area contributed by atoms with E-state index in [1.165, 1.54) is 6.07 Å². The molecule has 1 aromatic carbocycles. The Morgan fingerprint density at radius 1 is 1.40 bits per heavy atom. The molecular formula is C17H25F2N3O3. The number of ether oxygens (including phenoxy) is 2. The summed E-state index contributed by atoms with van der Waals surface area (Å²) in [5.41, 5.74) is -0.0832. The fourth-order valence-electron chi connectivity index (χ4n) is 2.73. The minimum atomic E-state index is -0.727. The zero-order valence-electron chi connectivity index (χ0n) is 14.4. The second-order valence-corrected chi connectivity index (χ2v) is 6.05. The monoisotopic (exact) mass is 357 g/mol. The summed E-state index contributed by atoms with van der Waals surface area (Å²) in [6, 6.07) is 3.20. The van der Waals surface area contributed by atoms with Crippen LogP contribution in [0, 0.1) is 17.0 Å². The molecule has 1 fully saturated rings. The fraction of sp³-hybridized carbons (Fsp3) is 0.588. The summed E-state index contributed by atoms with van der Waals surface area (Å²) < 4.78 is 37.0. The third kappa shape index (κ3) is 5.82. The first-order valence-electron chi connectivity index (χ1n) is 8.29. The number of aliphatic hydroxyl groups excluding tert-OH is 1. The van der Waals surface area contributed by atoms with Gasteiger partial charge in [-0.3, -0.25) is 4.99 Å². The SMILES string of the molecule is CN=C(NCCOc1ccc(F)cc1F)NCC1(CCO)CCOC1. The molecule has 1 atom stereocenters. The van der Waals surface area contributed by atoms with Crippen molar-refractivity contribution in [3.8, 4) is 5.75 Å². The summed E-state index contributed by atoms with van der Waals surface area (Å²) in [4.78, 5) is 4.13. The van der Waals surface area contributed by atoms with Gasteiger partial charge >= 0.3 is 0 Å². The van der Waals surface area contributed by atoms with Crippen LogP contribution in [0.25, 0.3) is 0 Å². The lowest BCUT2D eigenvalue weighted by atomic mass is 9.84. The smallest absolute Gasteiger partial charge is 0.191 e. The number of nitrogens with zero attached hydrogens (tertiary/aromatic N) is 1. The quantitative estimate of drug-likeness (QED) is 0.371.